The molecule has 2 aromatic carbocycles. The fraction of sp³-hybridized carbons (Fsp3) is 0.381. The highest BCUT2D eigenvalue weighted by atomic mass is 32.2. The van der Waals surface area contributed by atoms with Crippen LogP contribution in [0.15, 0.2) is 47.4 Å². The Balaban J connectivity index is 1.73. The zero-order valence-electron chi connectivity index (χ0n) is 16.8. The summed E-state index contributed by atoms with van der Waals surface area (Å²) in [7, 11) is -3.64. The Morgan fingerprint density at radius 3 is 2.47 bits per heavy atom. The highest BCUT2D eigenvalue weighted by molar-refractivity contribution is 7.89. The Labute approximate surface area is 176 Å². The molecule has 0 aliphatic carbocycles. The van der Waals surface area contributed by atoms with Crippen LogP contribution in [0.4, 0.5) is 11.4 Å². The number of hydrogen-bond donors (Lipinski definition) is 1. The van der Waals surface area contributed by atoms with E-state index in [4.69, 9.17) is 0 Å². The van der Waals surface area contributed by atoms with E-state index in [0.29, 0.717) is 24.3 Å². The van der Waals surface area contributed by atoms with E-state index in [1.165, 1.54) is 22.5 Å². The Kier molecular flexibility index (Phi) is 6.84. The van der Waals surface area contributed by atoms with Gasteiger partial charge in [-0.2, -0.15) is 4.31 Å². The summed E-state index contributed by atoms with van der Waals surface area (Å²) >= 11 is 0. The average Bonchev–Trinajstić information content (AvgIpc) is 3.03. The number of carbonyl (C=O) groups excluding carboxylic acids is 1. The second-order valence-corrected chi connectivity index (χ2v) is 9.32. The van der Waals surface area contributed by atoms with Crippen LogP contribution in [-0.4, -0.2) is 43.1 Å². The monoisotopic (exact) mass is 431 g/mol. The zero-order chi connectivity index (χ0) is 21.7. The normalized spacial score (nSPS) is 15.4. The molecular formula is C21H25N3O5S. The smallest absolute Gasteiger partial charge is 0.274 e. The lowest BCUT2D eigenvalue weighted by Crippen LogP contribution is -2.32. The van der Waals surface area contributed by atoms with Crippen LogP contribution < -0.4 is 5.32 Å². The van der Waals surface area contributed by atoms with Gasteiger partial charge >= 0.3 is 0 Å². The molecule has 0 radical (unpaired) electrons. The summed E-state index contributed by atoms with van der Waals surface area (Å²) in [5.74, 6) is -0.300. The number of rotatable bonds is 7. The minimum absolute atomic E-state index is 0.0296. The maximum absolute atomic E-state index is 13.0. The number of ketones is 1. The molecule has 9 heteroatoms. The number of aryl methyl sites for hydroxylation is 1. The van der Waals surface area contributed by atoms with Crippen LogP contribution in [0.5, 0.6) is 0 Å². The second-order valence-electron chi connectivity index (χ2n) is 7.38. The van der Waals surface area contributed by atoms with Gasteiger partial charge in [0.15, 0.2) is 5.78 Å². The molecule has 1 N–H and O–H groups in total. The third-order valence-electron chi connectivity index (χ3n) is 5.22. The fourth-order valence-corrected chi connectivity index (χ4v) is 5.03. The molecule has 1 saturated heterocycles. The summed E-state index contributed by atoms with van der Waals surface area (Å²) in [5.41, 5.74) is 1.23. The summed E-state index contributed by atoms with van der Waals surface area (Å²) in [5, 5.41) is 13.9. The predicted molar refractivity (Wildman–Crippen MR) is 114 cm³/mol. The SMILES string of the molecule is Cc1ccc(NCC(=O)c2cccc(S(=O)(=O)N3CCCCCC3)c2)cc1[N+](=O)[O-]. The second kappa shape index (κ2) is 9.36. The number of nitrogens with zero attached hydrogens (tertiary/aromatic N) is 2. The van der Waals surface area contributed by atoms with Gasteiger partial charge in [-0.15, -0.1) is 0 Å². The van der Waals surface area contributed by atoms with Crippen molar-refractivity contribution in [3.8, 4) is 0 Å². The van der Waals surface area contributed by atoms with Crippen LogP contribution in [0.2, 0.25) is 0 Å². The molecule has 30 heavy (non-hydrogen) atoms. The predicted octanol–water partition coefficient (Wildman–Crippen LogP) is 3.76. The molecule has 0 saturated carbocycles. The first kappa shape index (κ1) is 21.9. The molecule has 160 valence electrons. The molecule has 8 nitrogen and oxygen atoms in total. The lowest BCUT2D eigenvalue weighted by atomic mass is 10.1. The molecule has 0 spiro atoms. The molecule has 0 aromatic heterocycles. The number of sulfonamides is 1. The van der Waals surface area contributed by atoms with Crippen molar-refractivity contribution in [3.63, 3.8) is 0 Å². The van der Waals surface area contributed by atoms with E-state index in [1.807, 2.05) is 0 Å². The molecule has 0 amide bonds. The van der Waals surface area contributed by atoms with E-state index in [9.17, 15) is 23.3 Å². The lowest BCUT2D eigenvalue weighted by molar-refractivity contribution is -0.385. The van der Waals surface area contributed by atoms with Gasteiger partial charge in [-0.25, -0.2) is 8.42 Å². The summed E-state index contributed by atoms with van der Waals surface area (Å²) in [6, 6.07) is 10.7. The maximum Gasteiger partial charge on any atom is 0.274 e. The number of nitrogens with one attached hydrogen (secondary N) is 1. The summed E-state index contributed by atoms with van der Waals surface area (Å²) in [6.07, 6.45) is 3.72. The average molecular weight is 432 g/mol. The van der Waals surface area contributed by atoms with Crippen LogP contribution in [-0.2, 0) is 10.0 Å². The fourth-order valence-electron chi connectivity index (χ4n) is 3.46. The van der Waals surface area contributed by atoms with E-state index >= 15 is 0 Å². The van der Waals surface area contributed by atoms with Gasteiger partial charge in [-0.1, -0.05) is 31.0 Å². The quantitative estimate of drug-likeness (QED) is 0.406. The van der Waals surface area contributed by atoms with Gasteiger partial charge < -0.3 is 5.32 Å². The van der Waals surface area contributed by atoms with Gasteiger partial charge in [0.2, 0.25) is 10.0 Å². The van der Waals surface area contributed by atoms with Gasteiger partial charge in [0.25, 0.3) is 5.69 Å². The first-order valence-electron chi connectivity index (χ1n) is 9.91. The first-order valence-corrected chi connectivity index (χ1v) is 11.4. The summed E-state index contributed by atoms with van der Waals surface area (Å²) in [4.78, 5) is 23.3. The third kappa shape index (κ3) is 5.03. The van der Waals surface area contributed by atoms with Crippen molar-refractivity contribution in [2.75, 3.05) is 25.0 Å². The zero-order valence-corrected chi connectivity index (χ0v) is 17.7. The van der Waals surface area contributed by atoms with Crippen molar-refractivity contribution in [2.24, 2.45) is 0 Å². The molecule has 1 heterocycles. The van der Waals surface area contributed by atoms with Gasteiger partial charge in [0.1, 0.15) is 0 Å². The molecule has 0 unspecified atom stereocenters. The number of anilines is 1. The largest absolute Gasteiger partial charge is 0.377 e. The molecule has 0 bridgehead atoms. The highest BCUT2D eigenvalue weighted by Crippen LogP contribution is 2.23. The minimum atomic E-state index is -3.64. The van der Waals surface area contributed by atoms with Crippen molar-refractivity contribution in [1.82, 2.24) is 4.31 Å². The number of carbonyl (C=O) groups is 1. The van der Waals surface area contributed by atoms with Crippen LogP contribution in [0.25, 0.3) is 0 Å². The molecule has 1 aliphatic heterocycles. The Morgan fingerprint density at radius 1 is 1.10 bits per heavy atom. The van der Waals surface area contributed by atoms with Crippen LogP contribution in [0.3, 0.4) is 0 Å². The molecule has 2 aromatic rings. The lowest BCUT2D eigenvalue weighted by Gasteiger charge is -2.20. The maximum atomic E-state index is 13.0. The molecule has 1 fully saturated rings. The van der Waals surface area contributed by atoms with Crippen molar-refractivity contribution >= 4 is 27.2 Å². The number of nitro benzene ring substituents is 1. The number of nitro groups is 1. The van der Waals surface area contributed by atoms with Crippen molar-refractivity contribution in [1.29, 1.82) is 0 Å². The van der Waals surface area contributed by atoms with E-state index in [0.717, 1.165) is 25.7 Å². The van der Waals surface area contributed by atoms with E-state index < -0.39 is 14.9 Å². The molecule has 3 rings (SSSR count). The molecule has 1 aliphatic rings. The van der Waals surface area contributed by atoms with Crippen molar-refractivity contribution in [3.05, 3.63) is 63.7 Å². The standard InChI is InChI=1S/C21H25N3O5S/c1-16-9-10-18(14-20(16)24(26)27)22-15-21(25)17-7-6-8-19(13-17)30(28,29)23-11-4-2-3-5-12-23/h6-10,13-14,22H,2-5,11-12,15H2,1H3. The number of benzene rings is 2. The van der Waals surface area contributed by atoms with E-state index in [2.05, 4.69) is 5.32 Å². The van der Waals surface area contributed by atoms with Crippen LogP contribution in [0.1, 0.15) is 41.6 Å². The Bertz CT molecular complexity index is 1040. The third-order valence-corrected chi connectivity index (χ3v) is 7.11. The first-order chi connectivity index (χ1) is 14.3. The molecule has 0 atom stereocenters. The van der Waals surface area contributed by atoms with E-state index in [-0.39, 0.29) is 28.5 Å². The van der Waals surface area contributed by atoms with Gasteiger partial charge in [-0.3, -0.25) is 14.9 Å². The van der Waals surface area contributed by atoms with Crippen LogP contribution >= 0.6 is 0 Å². The summed E-state index contributed by atoms with van der Waals surface area (Å²) in [6.45, 7) is 2.53. The minimum Gasteiger partial charge on any atom is -0.377 e. The topological polar surface area (TPSA) is 110 Å². The van der Waals surface area contributed by atoms with Crippen molar-refractivity contribution < 1.29 is 18.1 Å². The Morgan fingerprint density at radius 2 is 1.80 bits per heavy atom. The number of hydrogen-bond acceptors (Lipinski definition) is 6. The van der Waals surface area contributed by atoms with Gasteiger partial charge in [-0.05, 0) is 38.0 Å². The highest BCUT2D eigenvalue weighted by Gasteiger charge is 2.25. The summed E-state index contributed by atoms with van der Waals surface area (Å²) < 4.78 is 27.4. The van der Waals surface area contributed by atoms with Gasteiger partial charge in [0, 0.05) is 36.0 Å². The van der Waals surface area contributed by atoms with Crippen LogP contribution in [0, 0.1) is 17.0 Å². The van der Waals surface area contributed by atoms with Crippen molar-refractivity contribution in [2.45, 2.75) is 37.5 Å². The number of Topliss-reactive ketones (excluding diaryl/α,β-unsaturated/α-hetero) is 1. The van der Waals surface area contributed by atoms with E-state index in [1.54, 1.807) is 31.2 Å². The Hall–Kier alpha value is -2.78. The van der Waals surface area contributed by atoms with Gasteiger partial charge in [0.05, 0.1) is 16.4 Å². The molecular weight excluding hydrogens is 406 g/mol.